The molecule has 7 heteroatoms. The van der Waals surface area contributed by atoms with Crippen LogP contribution in [0.4, 0.5) is 13.2 Å². The van der Waals surface area contributed by atoms with Gasteiger partial charge in [0.1, 0.15) is 5.82 Å². The summed E-state index contributed by atoms with van der Waals surface area (Å²) < 4.78 is 37.6. The van der Waals surface area contributed by atoms with Gasteiger partial charge in [-0.2, -0.15) is 13.2 Å². The minimum Gasteiger partial charge on any atom is -0.338 e. The van der Waals surface area contributed by atoms with E-state index in [9.17, 15) is 13.2 Å². The molecule has 0 fully saturated rings. The van der Waals surface area contributed by atoms with E-state index in [1.165, 1.54) is 12.1 Å². The van der Waals surface area contributed by atoms with Gasteiger partial charge >= 0.3 is 6.18 Å². The molecule has 3 aromatic rings. The van der Waals surface area contributed by atoms with Crippen LogP contribution in [-0.4, -0.2) is 9.97 Å². The third-order valence-electron chi connectivity index (χ3n) is 3.01. The molecule has 1 heterocycles. The third-order valence-corrected chi connectivity index (χ3v) is 3.73. The second kappa shape index (κ2) is 4.93. The molecular weight excluding hydrogens is 324 g/mol. The van der Waals surface area contributed by atoms with Crippen molar-refractivity contribution in [1.29, 1.82) is 0 Å². The van der Waals surface area contributed by atoms with Crippen molar-refractivity contribution in [3.63, 3.8) is 0 Å². The Morgan fingerprint density at radius 3 is 2.19 bits per heavy atom. The monoisotopic (exact) mass is 330 g/mol. The molecule has 0 radical (unpaired) electrons. The highest BCUT2D eigenvalue weighted by Crippen LogP contribution is 2.32. The predicted molar refractivity (Wildman–Crippen MR) is 76.6 cm³/mol. The fraction of sp³-hybridized carbons (Fsp3) is 0.0714. The fourth-order valence-electron chi connectivity index (χ4n) is 1.96. The number of nitrogens with zero attached hydrogens (tertiary/aromatic N) is 1. The summed E-state index contributed by atoms with van der Waals surface area (Å²) in [6.07, 6.45) is -4.35. The average Bonchev–Trinajstić information content (AvgIpc) is 2.81. The van der Waals surface area contributed by atoms with Gasteiger partial charge in [-0.05, 0) is 24.3 Å². The van der Waals surface area contributed by atoms with Crippen molar-refractivity contribution in [2.75, 3.05) is 0 Å². The second-order valence-corrected chi connectivity index (χ2v) is 5.26. The number of rotatable bonds is 1. The maximum absolute atomic E-state index is 12.5. The summed E-state index contributed by atoms with van der Waals surface area (Å²) in [6, 6.07) is 7.99. The van der Waals surface area contributed by atoms with Crippen molar-refractivity contribution in [2.45, 2.75) is 6.18 Å². The molecule has 0 aliphatic heterocycles. The van der Waals surface area contributed by atoms with Crippen LogP contribution < -0.4 is 0 Å². The van der Waals surface area contributed by atoms with Crippen LogP contribution in [0.1, 0.15) is 5.56 Å². The number of hydrogen-bond donors (Lipinski definition) is 1. The molecule has 0 amide bonds. The highest BCUT2D eigenvalue weighted by Gasteiger charge is 2.30. The van der Waals surface area contributed by atoms with Gasteiger partial charge < -0.3 is 4.98 Å². The largest absolute Gasteiger partial charge is 0.416 e. The van der Waals surface area contributed by atoms with E-state index in [0.29, 0.717) is 32.5 Å². The van der Waals surface area contributed by atoms with Crippen molar-refractivity contribution in [2.24, 2.45) is 0 Å². The van der Waals surface area contributed by atoms with Crippen LogP contribution in [0.5, 0.6) is 0 Å². The molecule has 0 aliphatic carbocycles. The van der Waals surface area contributed by atoms with Crippen molar-refractivity contribution >= 4 is 34.2 Å². The molecule has 0 aliphatic rings. The summed E-state index contributed by atoms with van der Waals surface area (Å²) in [5.74, 6) is 0.456. The summed E-state index contributed by atoms with van der Waals surface area (Å²) >= 11 is 11.8. The van der Waals surface area contributed by atoms with Crippen LogP contribution in [0, 0.1) is 0 Å². The number of nitrogens with one attached hydrogen (secondary N) is 1. The Hall–Kier alpha value is -1.72. The van der Waals surface area contributed by atoms with Crippen LogP contribution in [0.3, 0.4) is 0 Å². The zero-order valence-corrected chi connectivity index (χ0v) is 11.8. The molecule has 0 saturated carbocycles. The highest BCUT2D eigenvalue weighted by atomic mass is 35.5. The first-order valence-corrected chi connectivity index (χ1v) is 6.62. The first kappa shape index (κ1) is 14.2. The minimum atomic E-state index is -4.35. The van der Waals surface area contributed by atoms with Gasteiger partial charge in [-0.25, -0.2) is 4.98 Å². The number of benzene rings is 2. The van der Waals surface area contributed by atoms with E-state index in [1.54, 1.807) is 12.1 Å². The zero-order chi connectivity index (χ0) is 15.2. The van der Waals surface area contributed by atoms with E-state index in [0.717, 1.165) is 12.1 Å². The third kappa shape index (κ3) is 2.71. The molecule has 0 saturated heterocycles. The first-order chi connectivity index (χ1) is 9.84. The number of halogens is 5. The van der Waals surface area contributed by atoms with E-state index >= 15 is 0 Å². The lowest BCUT2D eigenvalue weighted by atomic mass is 10.1. The second-order valence-electron chi connectivity index (χ2n) is 4.44. The van der Waals surface area contributed by atoms with E-state index in [-0.39, 0.29) is 0 Å². The Bertz CT molecular complexity index is 768. The van der Waals surface area contributed by atoms with Crippen LogP contribution in [0.25, 0.3) is 22.4 Å². The summed E-state index contributed by atoms with van der Waals surface area (Å²) in [5, 5.41) is 0.751. The molecule has 2 nitrogen and oxygen atoms in total. The number of imidazole rings is 1. The van der Waals surface area contributed by atoms with Crippen LogP contribution in [0.2, 0.25) is 10.0 Å². The Labute approximate surface area is 127 Å². The van der Waals surface area contributed by atoms with Crippen molar-refractivity contribution in [3.05, 3.63) is 52.0 Å². The van der Waals surface area contributed by atoms with Gasteiger partial charge in [0.05, 0.1) is 26.6 Å². The summed E-state index contributed by atoms with van der Waals surface area (Å²) in [6.45, 7) is 0. The molecule has 1 aromatic heterocycles. The van der Waals surface area contributed by atoms with Crippen molar-refractivity contribution in [1.82, 2.24) is 9.97 Å². The van der Waals surface area contributed by atoms with Gasteiger partial charge in [-0.1, -0.05) is 35.3 Å². The van der Waals surface area contributed by atoms with Gasteiger partial charge in [0.15, 0.2) is 0 Å². The molecule has 2 aromatic carbocycles. The Morgan fingerprint density at radius 1 is 0.952 bits per heavy atom. The SMILES string of the molecule is FC(F)(F)c1ccc(-c2nc3cc(Cl)c(Cl)cc3[nH]2)cc1. The number of alkyl halides is 3. The van der Waals surface area contributed by atoms with E-state index in [4.69, 9.17) is 23.2 Å². The van der Waals surface area contributed by atoms with Crippen LogP contribution in [-0.2, 0) is 6.18 Å². The number of fused-ring (bicyclic) bond motifs is 1. The van der Waals surface area contributed by atoms with Crippen LogP contribution in [0.15, 0.2) is 36.4 Å². The maximum atomic E-state index is 12.5. The van der Waals surface area contributed by atoms with Crippen molar-refractivity contribution < 1.29 is 13.2 Å². The van der Waals surface area contributed by atoms with Gasteiger partial charge in [-0.3, -0.25) is 0 Å². The molecule has 0 bridgehead atoms. The van der Waals surface area contributed by atoms with Gasteiger partial charge in [-0.15, -0.1) is 0 Å². The summed E-state index contributed by atoms with van der Waals surface area (Å²) in [5.41, 5.74) is 1.11. The molecule has 1 N–H and O–H groups in total. The molecule has 3 rings (SSSR count). The van der Waals surface area contributed by atoms with E-state index in [2.05, 4.69) is 9.97 Å². The lowest BCUT2D eigenvalue weighted by Gasteiger charge is -2.06. The number of aromatic amines is 1. The first-order valence-electron chi connectivity index (χ1n) is 5.87. The zero-order valence-electron chi connectivity index (χ0n) is 10.3. The maximum Gasteiger partial charge on any atom is 0.416 e. The quantitative estimate of drug-likeness (QED) is 0.622. The number of aromatic nitrogens is 2. The van der Waals surface area contributed by atoms with Gasteiger partial charge in [0.25, 0.3) is 0 Å². The molecule has 0 spiro atoms. The molecular formula is C14H7Cl2F3N2. The molecule has 108 valence electrons. The predicted octanol–water partition coefficient (Wildman–Crippen LogP) is 5.56. The Balaban J connectivity index is 2.04. The van der Waals surface area contributed by atoms with Crippen molar-refractivity contribution in [3.8, 4) is 11.4 Å². The van der Waals surface area contributed by atoms with Gasteiger partial charge in [0, 0.05) is 5.56 Å². The normalized spacial score (nSPS) is 12.0. The lowest BCUT2D eigenvalue weighted by Crippen LogP contribution is -2.04. The summed E-state index contributed by atoms with van der Waals surface area (Å²) in [4.78, 5) is 7.30. The topological polar surface area (TPSA) is 28.7 Å². The number of H-pyrrole nitrogens is 1. The fourth-order valence-corrected chi connectivity index (χ4v) is 2.28. The Morgan fingerprint density at radius 2 is 1.57 bits per heavy atom. The van der Waals surface area contributed by atoms with Gasteiger partial charge in [0.2, 0.25) is 0 Å². The molecule has 0 atom stereocenters. The van der Waals surface area contributed by atoms with E-state index in [1.807, 2.05) is 0 Å². The minimum absolute atomic E-state index is 0.370. The number of hydrogen-bond acceptors (Lipinski definition) is 1. The molecule has 0 unspecified atom stereocenters. The standard InChI is InChI=1S/C14H7Cl2F3N2/c15-9-5-11-12(6-10(9)16)21-13(20-11)7-1-3-8(4-2-7)14(17,18)19/h1-6H,(H,20,21). The Kier molecular flexibility index (Phi) is 3.34. The summed E-state index contributed by atoms with van der Waals surface area (Å²) in [7, 11) is 0. The highest BCUT2D eigenvalue weighted by molar-refractivity contribution is 6.42. The molecule has 21 heavy (non-hydrogen) atoms. The average molecular weight is 331 g/mol. The lowest BCUT2D eigenvalue weighted by molar-refractivity contribution is -0.137. The smallest absolute Gasteiger partial charge is 0.338 e. The van der Waals surface area contributed by atoms with Crippen LogP contribution >= 0.6 is 23.2 Å². The van der Waals surface area contributed by atoms with E-state index < -0.39 is 11.7 Å².